The Balaban J connectivity index is 1.73. The van der Waals surface area contributed by atoms with Gasteiger partial charge in [-0.15, -0.1) is 0 Å². The lowest BCUT2D eigenvalue weighted by atomic mass is 10.2. The zero-order valence-corrected chi connectivity index (χ0v) is 11.8. The molecule has 1 aliphatic rings. The van der Waals surface area contributed by atoms with Crippen LogP contribution in [0.15, 0.2) is 54.9 Å². The molecule has 0 saturated heterocycles. The molecule has 2 N–H and O–H groups in total. The lowest BCUT2D eigenvalue weighted by Gasteiger charge is -2.25. The van der Waals surface area contributed by atoms with Gasteiger partial charge in [-0.05, 0) is 42.7 Å². The summed E-state index contributed by atoms with van der Waals surface area (Å²) < 4.78 is 2.16. The van der Waals surface area contributed by atoms with E-state index in [4.69, 9.17) is 5.73 Å². The van der Waals surface area contributed by atoms with E-state index in [1.807, 2.05) is 30.6 Å². The van der Waals surface area contributed by atoms with Crippen molar-refractivity contribution in [2.75, 3.05) is 10.6 Å². The third-order valence-corrected chi connectivity index (χ3v) is 3.99. The molecule has 4 heteroatoms. The number of hydrogen-bond donors (Lipinski definition) is 1. The number of hydrogen-bond acceptors (Lipinski definition) is 3. The van der Waals surface area contributed by atoms with Crippen LogP contribution in [0.2, 0.25) is 0 Å². The van der Waals surface area contributed by atoms with Crippen LogP contribution in [0, 0.1) is 0 Å². The van der Waals surface area contributed by atoms with Crippen LogP contribution in [-0.4, -0.2) is 15.4 Å². The standard InChI is InChI=1S/C17H18N4/c18-14-4-1-3-13(11-14)12-21(15-7-8-15)17-6-2-5-16-19-9-10-20(16)17/h1-6,9-11,15H,7-8,12,18H2. The van der Waals surface area contributed by atoms with Crippen LogP contribution >= 0.6 is 0 Å². The highest BCUT2D eigenvalue weighted by molar-refractivity contribution is 5.53. The van der Waals surface area contributed by atoms with Crippen molar-refractivity contribution < 1.29 is 0 Å². The molecule has 1 aromatic carbocycles. The monoisotopic (exact) mass is 278 g/mol. The van der Waals surface area contributed by atoms with Crippen molar-refractivity contribution in [3.05, 3.63) is 60.4 Å². The Labute approximate surface area is 123 Å². The number of nitrogen functional groups attached to an aromatic ring is 1. The first-order valence-electron chi connectivity index (χ1n) is 7.34. The van der Waals surface area contributed by atoms with Crippen molar-refractivity contribution in [3.8, 4) is 0 Å². The summed E-state index contributed by atoms with van der Waals surface area (Å²) in [4.78, 5) is 6.84. The van der Waals surface area contributed by atoms with Gasteiger partial charge in [-0.2, -0.15) is 0 Å². The molecule has 1 saturated carbocycles. The lowest BCUT2D eigenvalue weighted by Crippen LogP contribution is -2.26. The van der Waals surface area contributed by atoms with Gasteiger partial charge in [-0.3, -0.25) is 4.40 Å². The molecule has 0 spiro atoms. The van der Waals surface area contributed by atoms with Crippen LogP contribution in [0.25, 0.3) is 5.65 Å². The molecule has 3 aromatic rings. The molecular formula is C17H18N4. The predicted octanol–water partition coefficient (Wildman–Crippen LogP) is 3.09. The first kappa shape index (κ1) is 12.3. The Bertz CT molecular complexity index is 773. The zero-order chi connectivity index (χ0) is 14.2. The van der Waals surface area contributed by atoms with E-state index in [-0.39, 0.29) is 0 Å². The molecule has 0 unspecified atom stereocenters. The summed E-state index contributed by atoms with van der Waals surface area (Å²) >= 11 is 0. The second kappa shape index (κ2) is 4.81. The summed E-state index contributed by atoms with van der Waals surface area (Å²) in [6, 6.07) is 15.1. The van der Waals surface area contributed by atoms with Crippen molar-refractivity contribution in [2.24, 2.45) is 0 Å². The summed E-state index contributed by atoms with van der Waals surface area (Å²) in [7, 11) is 0. The number of pyridine rings is 1. The molecule has 0 atom stereocenters. The van der Waals surface area contributed by atoms with Crippen LogP contribution in [-0.2, 0) is 6.54 Å². The van der Waals surface area contributed by atoms with Crippen LogP contribution in [0.4, 0.5) is 11.5 Å². The third kappa shape index (κ3) is 2.33. The van der Waals surface area contributed by atoms with Crippen molar-refractivity contribution in [3.63, 3.8) is 0 Å². The minimum atomic E-state index is 0.624. The van der Waals surface area contributed by atoms with Crippen LogP contribution in [0.1, 0.15) is 18.4 Å². The molecule has 2 heterocycles. The van der Waals surface area contributed by atoms with E-state index in [2.05, 4.69) is 38.6 Å². The maximum atomic E-state index is 5.91. The maximum Gasteiger partial charge on any atom is 0.138 e. The van der Waals surface area contributed by atoms with Gasteiger partial charge in [0.2, 0.25) is 0 Å². The fourth-order valence-electron chi connectivity index (χ4n) is 2.84. The summed E-state index contributed by atoms with van der Waals surface area (Å²) in [5, 5.41) is 0. The van der Waals surface area contributed by atoms with Crippen molar-refractivity contribution in [1.82, 2.24) is 9.38 Å². The minimum Gasteiger partial charge on any atom is -0.399 e. The highest BCUT2D eigenvalue weighted by Gasteiger charge is 2.30. The van der Waals surface area contributed by atoms with Gasteiger partial charge >= 0.3 is 0 Å². The van der Waals surface area contributed by atoms with Gasteiger partial charge in [-0.25, -0.2) is 4.98 Å². The van der Waals surface area contributed by atoms with E-state index < -0.39 is 0 Å². The molecule has 4 nitrogen and oxygen atoms in total. The Hall–Kier alpha value is -2.49. The van der Waals surface area contributed by atoms with Gasteiger partial charge in [0.25, 0.3) is 0 Å². The number of imidazole rings is 1. The summed E-state index contributed by atoms with van der Waals surface area (Å²) in [5.74, 6) is 1.20. The topological polar surface area (TPSA) is 46.6 Å². The fraction of sp³-hybridized carbons (Fsp3) is 0.235. The van der Waals surface area contributed by atoms with E-state index in [9.17, 15) is 0 Å². The second-order valence-electron chi connectivity index (χ2n) is 5.64. The number of benzene rings is 1. The molecule has 1 fully saturated rings. The molecule has 2 aromatic heterocycles. The summed E-state index contributed by atoms with van der Waals surface area (Å²) in [6.07, 6.45) is 6.39. The first-order valence-corrected chi connectivity index (χ1v) is 7.34. The van der Waals surface area contributed by atoms with Crippen LogP contribution in [0.3, 0.4) is 0 Å². The summed E-state index contributed by atoms with van der Waals surface area (Å²) in [6.45, 7) is 0.882. The number of anilines is 2. The second-order valence-corrected chi connectivity index (χ2v) is 5.64. The first-order chi connectivity index (χ1) is 10.3. The molecule has 0 amide bonds. The van der Waals surface area contributed by atoms with Gasteiger partial charge in [0.05, 0.1) is 0 Å². The normalized spacial score (nSPS) is 14.5. The molecular weight excluding hydrogens is 260 g/mol. The minimum absolute atomic E-state index is 0.624. The van der Waals surface area contributed by atoms with Gasteiger partial charge in [0, 0.05) is 30.7 Å². The average molecular weight is 278 g/mol. The van der Waals surface area contributed by atoms with E-state index in [1.54, 1.807) is 0 Å². The Morgan fingerprint density at radius 1 is 1.19 bits per heavy atom. The largest absolute Gasteiger partial charge is 0.399 e. The number of rotatable bonds is 4. The molecule has 106 valence electrons. The van der Waals surface area contributed by atoms with Crippen molar-refractivity contribution in [1.29, 1.82) is 0 Å². The molecule has 21 heavy (non-hydrogen) atoms. The van der Waals surface area contributed by atoms with E-state index in [0.717, 1.165) is 17.9 Å². The lowest BCUT2D eigenvalue weighted by molar-refractivity contribution is 0.770. The van der Waals surface area contributed by atoms with Crippen LogP contribution in [0.5, 0.6) is 0 Å². The van der Waals surface area contributed by atoms with Gasteiger partial charge in [0.1, 0.15) is 11.5 Å². The Morgan fingerprint density at radius 3 is 2.86 bits per heavy atom. The molecule has 0 aliphatic heterocycles. The number of nitrogens with two attached hydrogens (primary N) is 1. The van der Waals surface area contributed by atoms with Gasteiger partial charge in [0.15, 0.2) is 0 Å². The number of aromatic nitrogens is 2. The number of nitrogens with zero attached hydrogens (tertiary/aromatic N) is 3. The molecule has 0 bridgehead atoms. The zero-order valence-electron chi connectivity index (χ0n) is 11.8. The van der Waals surface area contributed by atoms with E-state index in [0.29, 0.717) is 6.04 Å². The molecule has 4 rings (SSSR count). The number of fused-ring (bicyclic) bond motifs is 1. The highest BCUT2D eigenvalue weighted by Crippen LogP contribution is 2.33. The summed E-state index contributed by atoms with van der Waals surface area (Å²) in [5.41, 5.74) is 8.97. The Morgan fingerprint density at radius 2 is 2.05 bits per heavy atom. The van der Waals surface area contributed by atoms with Gasteiger partial charge in [-0.1, -0.05) is 18.2 Å². The maximum absolute atomic E-state index is 5.91. The van der Waals surface area contributed by atoms with Crippen LogP contribution < -0.4 is 10.6 Å². The quantitative estimate of drug-likeness (QED) is 0.746. The van der Waals surface area contributed by atoms with Crippen molar-refractivity contribution >= 4 is 17.2 Å². The molecule has 1 aliphatic carbocycles. The predicted molar refractivity (Wildman–Crippen MR) is 85.3 cm³/mol. The van der Waals surface area contributed by atoms with Crippen molar-refractivity contribution in [2.45, 2.75) is 25.4 Å². The van der Waals surface area contributed by atoms with Gasteiger partial charge < -0.3 is 10.6 Å². The molecule has 0 radical (unpaired) electrons. The Kier molecular flexibility index (Phi) is 2.81. The average Bonchev–Trinajstić information content (AvgIpc) is 3.21. The fourth-order valence-corrected chi connectivity index (χ4v) is 2.84. The smallest absolute Gasteiger partial charge is 0.138 e. The van der Waals surface area contributed by atoms with E-state index >= 15 is 0 Å². The highest BCUT2D eigenvalue weighted by atomic mass is 15.3. The SMILES string of the molecule is Nc1cccc(CN(c2cccc3nccn23)C2CC2)c1. The van der Waals surface area contributed by atoms with E-state index in [1.165, 1.54) is 24.2 Å². The third-order valence-electron chi connectivity index (χ3n) is 3.99.